The Bertz CT molecular complexity index is 12.9. The maximum atomic E-state index is 5.99. The average molecular weight is 69.7 g/mol. The van der Waals surface area contributed by atoms with Gasteiger partial charge in [0, 0.05) is 2.80 Å². The van der Waals surface area contributed by atoms with Crippen LogP contribution in [0.2, 0.25) is 13.1 Å². The predicted octanol–water partition coefficient (Wildman–Crippen LogP) is 1.04. The summed E-state index contributed by atoms with van der Waals surface area (Å²) in [4.78, 5) is 0. The lowest BCUT2D eigenvalue weighted by molar-refractivity contribution is 1.48. The monoisotopic (exact) mass is 70.1 g/mol. The maximum Gasteiger partial charge on any atom is 0.0649 e. The standard InChI is InChI=1S/C2H5B.CH3B.H2/c1-2-3;1-2;/h2H2,1H3;1H3;1H/i;1D;1+1. The predicted molar refractivity (Wildman–Crippen MR) is 30.0 cm³/mol. The Kier molecular flexibility index (Phi) is 32.5. The molecule has 0 fully saturated rings. The first-order chi connectivity index (χ1) is 2.83. The van der Waals surface area contributed by atoms with E-state index in [1.54, 1.807) is 0 Å². The molecule has 0 amide bonds. The first-order valence-electron chi connectivity index (χ1n) is 2.23. The summed E-state index contributed by atoms with van der Waals surface area (Å²) in [6.07, 6.45) is 0.750. The van der Waals surface area contributed by atoms with Crippen LogP contribution in [-0.4, -0.2) is 15.7 Å². The van der Waals surface area contributed by atoms with Gasteiger partial charge in [0.2, 0.25) is 0 Å². The van der Waals surface area contributed by atoms with Crippen LogP contribution in [0.1, 0.15) is 9.72 Å². The third kappa shape index (κ3) is 1110. The molecule has 0 atom stereocenters. The van der Waals surface area contributed by atoms with Crippen LogP contribution >= 0.6 is 0 Å². The number of hydrogen-bond acceptors (Lipinski definition) is 0. The van der Waals surface area contributed by atoms with Crippen molar-refractivity contribution < 1.29 is 2.80 Å². The maximum absolute atomic E-state index is 5.99. The molecule has 4 radical (unpaired) electrons. The van der Waals surface area contributed by atoms with Gasteiger partial charge in [0.05, 0.1) is 15.7 Å². The largest absolute Gasteiger partial charge is 0.0999 e. The second-order valence-corrected chi connectivity index (χ2v) is 0.408. The average Bonchev–Trinajstić information content (AvgIpc) is 1.39. The summed E-state index contributed by atoms with van der Waals surface area (Å²) in [7, 11) is 9.36. The van der Waals surface area contributed by atoms with E-state index in [0.29, 0.717) is 0 Å². The van der Waals surface area contributed by atoms with Gasteiger partial charge in [0.15, 0.2) is 0 Å². The van der Waals surface area contributed by atoms with E-state index in [0.717, 1.165) is 6.32 Å². The fourth-order valence-corrected chi connectivity index (χ4v) is 0. The van der Waals surface area contributed by atoms with E-state index in [2.05, 4.69) is 7.85 Å². The second kappa shape index (κ2) is 31.7. The Morgan fingerprint density at radius 1 is 2.20 bits per heavy atom. The van der Waals surface area contributed by atoms with Gasteiger partial charge in [0.25, 0.3) is 0 Å². The van der Waals surface area contributed by atoms with Gasteiger partial charge in [-0.3, -0.25) is 0 Å². The first-order valence-corrected chi connectivity index (χ1v) is 1.52. The number of hydrogen-bond donors (Lipinski definition) is 0. The van der Waals surface area contributed by atoms with Crippen molar-refractivity contribution in [2.24, 2.45) is 0 Å². The van der Waals surface area contributed by atoms with Gasteiger partial charge in [-0.15, -0.1) is 0 Å². The second-order valence-electron chi connectivity index (χ2n) is 0.408. The zero-order chi connectivity index (χ0) is 5.41. The molecule has 0 aliphatic rings. The fourth-order valence-electron chi connectivity index (χ4n) is 0. The Morgan fingerprint density at radius 3 is 2.20 bits per heavy atom. The highest BCUT2D eigenvalue weighted by Crippen LogP contribution is 1.49. The van der Waals surface area contributed by atoms with Crippen molar-refractivity contribution in [3.63, 3.8) is 0 Å². The highest BCUT2D eigenvalue weighted by molar-refractivity contribution is 6.08. The number of rotatable bonds is 0. The Labute approximate surface area is 39.7 Å². The summed E-state index contributed by atoms with van der Waals surface area (Å²) < 4.78 is 5.99. The molecule has 0 heterocycles. The molecule has 0 aliphatic carbocycles. The topological polar surface area (TPSA) is 0 Å². The van der Waals surface area contributed by atoms with Crippen LogP contribution in [0.3, 0.4) is 0 Å². The van der Waals surface area contributed by atoms with Crippen LogP contribution < -0.4 is 0 Å². The van der Waals surface area contributed by atoms with E-state index in [4.69, 9.17) is 9.22 Å². The Morgan fingerprint density at radius 2 is 2.20 bits per heavy atom. The van der Waals surface area contributed by atoms with Gasteiger partial charge in [-0.05, 0) is 0 Å². The summed E-state index contributed by atoms with van der Waals surface area (Å²) in [6, 6.07) is 0. The minimum Gasteiger partial charge on any atom is -0.0999 e. The highest BCUT2D eigenvalue weighted by atomic mass is 13.2. The minimum absolute atomic E-state index is 0. The summed E-state index contributed by atoms with van der Waals surface area (Å²) in [5.41, 5.74) is 0. The third-order valence-corrected chi connectivity index (χ3v) is 0. The molecular weight excluding hydrogens is 57.7 g/mol. The van der Waals surface area contributed by atoms with E-state index < -0.39 is 0 Å². The van der Waals surface area contributed by atoms with Crippen molar-refractivity contribution in [3.8, 4) is 0 Å². The van der Waals surface area contributed by atoms with Crippen molar-refractivity contribution in [2.45, 2.75) is 20.0 Å². The molecule has 2 heteroatoms. The van der Waals surface area contributed by atoms with Gasteiger partial charge in [-0.2, -0.15) is 0 Å². The summed E-state index contributed by atoms with van der Waals surface area (Å²) in [5.74, 6) is 0. The smallest absolute Gasteiger partial charge is 0.0649 e. The molecule has 0 saturated heterocycles. The van der Waals surface area contributed by atoms with Crippen LogP contribution in [0.5, 0.6) is 0 Å². The SMILES string of the molecule is [2HH].[2H]C[B].[B]CC. The lowest BCUT2D eigenvalue weighted by atomic mass is 10.1. The van der Waals surface area contributed by atoms with Crippen molar-refractivity contribution in [3.05, 3.63) is 0 Å². The minimum atomic E-state index is 0. The zero-order valence-corrected chi connectivity index (χ0v) is 3.57. The molecule has 0 N–H and O–H groups in total. The van der Waals surface area contributed by atoms with Gasteiger partial charge >= 0.3 is 0 Å². The molecule has 28 valence electrons. The normalized spacial score (nSPS) is 7.00. The van der Waals surface area contributed by atoms with Gasteiger partial charge in [-0.1, -0.05) is 20.0 Å². The van der Waals surface area contributed by atoms with Crippen LogP contribution in [0.4, 0.5) is 0 Å². The molecule has 0 aliphatic heterocycles. The van der Waals surface area contributed by atoms with E-state index in [1.165, 1.54) is 0 Å². The van der Waals surface area contributed by atoms with Crippen molar-refractivity contribution in [1.29, 1.82) is 0 Å². The molecule has 0 rings (SSSR count). The Balaban J connectivity index is -0.0000000400. The van der Waals surface area contributed by atoms with Gasteiger partial charge in [-0.25, -0.2) is 0 Å². The molecule has 0 unspecified atom stereocenters. The van der Waals surface area contributed by atoms with Gasteiger partial charge < -0.3 is 0 Å². The molecule has 5 heavy (non-hydrogen) atoms. The van der Waals surface area contributed by atoms with Crippen LogP contribution in [-0.2, 0) is 0 Å². The fraction of sp³-hybridized carbons (Fsp3) is 1.00. The third-order valence-electron chi connectivity index (χ3n) is 0. The lowest BCUT2D eigenvalue weighted by Crippen LogP contribution is -1.41. The zero-order valence-electron chi connectivity index (χ0n) is 4.57. The van der Waals surface area contributed by atoms with E-state index in [9.17, 15) is 0 Å². The summed E-state index contributed by atoms with van der Waals surface area (Å²) >= 11 is 0. The molecule has 0 aromatic rings. The van der Waals surface area contributed by atoms with Gasteiger partial charge in [0.1, 0.15) is 0 Å². The summed E-state index contributed by atoms with van der Waals surface area (Å²) in [5, 5.41) is 0. The van der Waals surface area contributed by atoms with Crippen molar-refractivity contribution >= 4 is 15.7 Å². The lowest BCUT2D eigenvalue weighted by Gasteiger charge is -1.46. The van der Waals surface area contributed by atoms with E-state index in [1.807, 2.05) is 6.92 Å². The van der Waals surface area contributed by atoms with Crippen LogP contribution in [0, 0.1) is 0 Å². The van der Waals surface area contributed by atoms with Crippen molar-refractivity contribution in [1.82, 2.24) is 0 Å². The van der Waals surface area contributed by atoms with Crippen LogP contribution in [0.15, 0.2) is 0 Å². The summed E-state index contributed by atoms with van der Waals surface area (Å²) in [6.45, 7) is 1.90. The molecule has 0 spiro atoms. The molecule has 0 aromatic heterocycles. The molecule has 0 nitrogen and oxygen atoms in total. The van der Waals surface area contributed by atoms with E-state index >= 15 is 0 Å². The molecule has 0 aromatic carbocycles. The van der Waals surface area contributed by atoms with Crippen molar-refractivity contribution in [2.75, 3.05) is 0 Å². The molecule has 0 saturated carbocycles. The van der Waals surface area contributed by atoms with E-state index in [-0.39, 0.29) is 8.23 Å². The molecule has 0 bridgehead atoms. The molecular formula is C3H10B2. The first kappa shape index (κ1) is 5.13. The quantitative estimate of drug-likeness (QED) is 0.373. The highest BCUT2D eigenvalue weighted by Gasteiger charge is 1.37. The Hall–Kier alpha value is 0.130. The van der Waals surface area contributed by atoms with Crippen LogP contribution in [0.25, 0.3) is 0 Å².